The standard InChI is InChI=1S/C31H25F6N5O3/c1-38-30(45)21-10-15(4-5-22(21)34)18-3-2-6-39-26(18)23(9-14-7-16(32)11-17(33)8-14)40-24(43)13-42-27-25(19-12-20(19)28(27)44)29(41-42)31(35,36)37/h2-8,10-11,19-20,23,28,44H,9,12-13H2,1H3,(H,38,45)(H,40,43)/t19-,20+,23-,28-/m0/s1. The average molecular weight is 630 g/mol. The number of fused-ring (bicyclic) bond motifs is 3. The zero-order valence-corrected chi connectivity index (χ0v) is 23.5. The lowest BCUT2D eigenvalue weighted by Gasteiger charge is -2.22. The van der Waals surface area contributed by atoms with Crippen LogP contribution in [0.4, 0.5) is 26.3 Å². The third kappa shape index (κ3) is 5.77. The summed E-state index contributed by atoms with van der Waals surface area (Å²) in [5, 5.41) is 19.3. The lowest BCUT2D eigenvalue weighted by Crippen LogP contribution is -2.34. The Morgan fingerprint density at radius 2 is 1.82 bits per heavy atom. The Balaban J connectivity index is 1.37. The Labute approximate surface area is 252 Å². The quantitative estimate of drug-likeness (QED) is 0.238. The Morgan fingerprint density at radius 1 is 1.09 bits per heavy atom. The van der Waals surface area contributed by atoms with Gasteiger partial charge >= 0.3 is 6.18 Å². The molecule has 2 aromatic heterocycles. The van der Waals surface area contributed by atoms with E-state index in [0.29, 0.717) is 23.6 Å². The van der Waals surface area contributed by atoms with Crippen LogP contribution in [0.3, 0.4) is 0 Å². The number of alkyl halides is 3. The van der Waals surface area contributed by atoms with Gasteiger partial charge in [-0.05, 0) is 66.1 Å². The number of aliphatic hydroxyl groups is 1. The molecule has 1 saturated carbocycles. The number of amides is 2. The summed E-state index contributed by atoms with van der Waals surface area (Å²) in [5.74, 6) is -4.88. The van der Waals surface area contributed by atoms with Crippen molar-refractivity contribution < 1.29 is 41.0 Å². The summed E-state index contributed by atoms with van der Waals surface area (Å²) in [6, 6.07) is 8.60. The fraction of sp³-hybridized carbons (Fsp3) is 0.290. The van der Waals surface area contributed by atoms with Crippen molar-refractivity contribution in [2.75, 3.05) is 7.05 Å². The Kier molecular flexibility index (Phi) is 7.63. The van der Waals surface area contributed by atoms with Crippen LogP contribution >= 0.6 is 0 Å². The third-order valence-electron chi connectivity index (χ3n) is 8.10. The van der Waals surface area contributed by atoms with Gasteiger partial charge in [-0.1, -0.05) is 12.1 Å². The number of aromatic nitrogens is 3. The lowest BCUT2D eigenvalue weighted by atomic mass is 9.94. The second-order valence-electron chi connectivity index (χ2n) is 11.1. The molecule has 3 N–H and O–H groups in total. The van der Waals surface area contributed by atoms with Gasteiger partial charge in [-0.25, -0.2) is 13.2 Å². The van der Waals surface area contributed by atoms with E-state index in [4.69, 9.17) is 0 Å². The molecule has 0 unspecified atom stereocenters. The fourth-order valence-corrected chi connectivity index (χ4v) is 6.09. The molecule has 1 fully saturated rings. The van der Waals surface area contributed by atoms with Gasteiger partial charge in [0.15, 0.2) is 5.69 Å². The predicted octanol–water partition coefficient (Wildman–Crippen LogP) is 4.99. The monoisotopic (exact) mass is 629 g/mol. The number of nitrogens with one attached hydrogen (secondary N) is 2. The minimum atomic E-state index is -4.79. The average Bonchev–Trinajstić information content (AvgIpc) is 3.60. The first-order valence-electron chi connectivity index (χ1n) is 13.9. The zero-order valence-electron chi connectivity index (χ0n) is 23.5. The van der Waals surface area contributed by atoms with E-state index in [-0.39, 0.29) is 40.4 Å². The summed E-state index contributed by atoms with van der Waals surface area (Å²) in [7, 11) is 1.34. The SMILES string of the molecule is CNC(=O)c1cc(-c2cccnc2[C@H](Cc2cc(F)cc(F)c2)NC(=O)Cn2nc(C(F)(F)F)c3c2[C@@H](O)[C@@H]2C[C@H]32)ccc1F. The van der Waals surface area contributed by atoms with Crippen molar-refractivity contribution in [3.05, 3.63) is 106 Å². The molecule has 8 nitrogen and oxygen atoms in total. The molecule has 4 aromatic rings. The predicted molar refractivity (Wildman–Crippen MR) is 147 cm³/mol. The normalized spacial score (nSPS) is 19.1. The molecule has 0 saturated heterocycles. The van der Waals surface area contributed by atoms with Crippen molar-refractivity contribution in [3.63, 3.8) is 0 Å². The van der Waals surface area contributed by atoms with Crippen LogP contribution < -0.4 is 10.6 Å². The number of carbonyl (C=O) groups is 2. The number of hydrogen-bond acceptors (Lipinski definition) is 5. The summed E-state index contributed by atoms with van der Waals surface area (Å²) in [6.07, 6.45) is -4.41. The molecule has 0 radical (unpaired) electrons. The van der Waals surface area contributed by atoms with Gasteiger partial charge in [-0.15, -0.1) is 0 Å². The van der Waals surface area contributed by atoms with Crippen molar-refractivity contribution in [2.24, 2.45) is 5.92 Å². The van der Waals surface area contributed by atoms with E-state index in [1.54, 1.807) is 12.1 Å². The largest absolute Gasteiger partial charge is 0.435 e. The van der Waals surface area contributed by atoms with E-state index >= 15 is 0 Å². The van der Waals surface area contributed by atoms with Gasteiger partial charge in [0, 0.05) is 30.4 Å². The van der Waals surface area contributed by atoms with Gasteiger partial charge in [-0.3, -0.25) is 19.3 Å². The molecule has 14 heteroatoms. The molecule has 2 amide bonds. The minimum absolute atomic E-state index is 0.0611. The van der Waals surface area contributed by atoms with Crippen LogP contribution in [0.2, 0.25) is 0 Å². The van der Waals surface area contributed by atoms with Gasteiger partial charge in [0.2, 0.25) is 5.91 Å². The molecule has 2 aliphatic rings. The van der Waals surface area contributed by atoms with Gasteiger partial charge in [0.25, 0.3) is 5.91 Å². The van der Waals surface area contributed by atoms with Crippen LogP contribution in [-0.2, 0) is 23.9 Å². The molecule has 2 aromatic carbocycles. The Morgan fingerprint density at radius 3 is 2.51 bits per heavy atom. The Hall–Kier alpha value is -4.72. The molecule has 2 heterocycles. The van der Waals surface area contributed by atoms with Crippen LogP contribution in [0, 0.1) is 23.4 Å². The maximum Gasteiger partial charge on any atom is 0.435 e. The number of hydrogen-bond donors (Lipinski definition) is 3. The van der Waals surface area contributed by atoms with Gasteiger partial charge < -0.3 is 15.7 Å². The third-order valence-corrected chi connectivity index (χ3v) is 8.10. The van der Waals surface area contributed by atoms with Gasteiger partial charge in [0.05, 0.1) is 29.1 Å². The molecule has 0 aliphatic heterocycles. The summed E-state index contributed by atoms with van der Waals surface area (Å²) in [6.45, 7) is -0.692. The second-order valence-corrected chi connectivity index (χ2v) is 11.1. The molecular weight excluding hydrogens is 604 g/mol. The van der Waals surface area contributed by atoms with E-state index in [2.05, 4.69) is 20.7 Å². The molecule has 6 rings (SSSR count). The number of rotatable bonds is 8. The number of halogens is 6. The number of nitrogens with zero attached hydrogens (tertiary/aromatic N) is 3. The first kappa shape index (κ1) is 30.3. The molecule has 45 heavy (non-hydrogen) atoms. The number of carbonyl (C=O) groups excluding carboxylic acids is 2. The van der Waals surface area contributed by atoms with Crippen molar-refractivity contribution in [2.45, 2.75) is 43.6 Å². The van der Waals surface area contributed by atoms with Crippen molar-refractivity contribution >= 4 is 11.8 Å². The first-order chi connectivity index (χ1) is 21.3. The van der Waals surface area contributed by atoms with Crippen LogP contribution in [0.25, 0.3) is 11.1 Å². The van der Waals surface area contributed by atoms with Crippen molar-refractivity contribution in [3.8, 4) is 11.1 Å². The molecule has 0 bridgehead atoms. The molecule has 2 aliphatic carbocycles. The highest BCUT2D eigenvalue weighted by Gasteiger charge is 2.58. The number of aliphatic hydroxyl groups excluding tert-OH is 1. The maximum atomic E-state index is 14.4. The molecule has 4 atom stereocenters. The van der Waals surface area contributed by atoms with Crippen molar-refractivity contribution in [1.82, 2.24) is 25.4 Å². The van der Waals surface area contributed by atoms with Crippen LogP contribution in [-0.4, -0.2) is 38.7 Å². The van der Waals surface area contributed by atoms with Gasteiger partial charge in [-0.2, -0.15) is 18.3 Å². The topological polar surface area (TPSA) is 109 Å². The van der Waals surface area contributed by atoms with E-state index < -0.39 is 65.7 Å². The zero-order chi connectivity index (χ0) is 32.2. The summed E-state index contributed by atoms with van der Waals surface area (Å²) >= 11 is 0. The highest BCUT2D eigenvalue weighted by molar-refractivity contribution is 5.95. The van der Waals surface area contributed by atoms with Gasteiger partial charge in [0.1, 0.15) is 24.0 Å². The fourth-order valence-electron chi connectivity index (χ4n) is 6.09. The summed E-state index contributed by atoms with van der Waals surface area (Å²) in [4.78, 5) is 30.1. The van der Waals surface area contributed by atoms with E-state index in [9.17, 15) is 41.0 Å². The Bertz CT molecular complexity index is 1800. The minimum Gasteiger partial charge on any atom is -0.386 e. The molecule has 0 spiro atoms. The van der Waals surface area contributed by atoms with Crippen LogP contribution in [0.5, 0.6) is 0 Å². The molecular formula is C31H25F6N5O3. The van der Waals surface area contributed by atoms with E-state index in [0.717, 1.165) is 22.9 Å². The highest BCUT2D eigenvalue weighted by Crippen LogP contribution is 2.63. The van der Waals surface area contributed by atoms with E-state index in [1.807, 2.05) is 0 Å². The smallest absolute Gasteiger partial charge is 0.386 e. The number of benzene rings is 2. The van der Waals surface area contributed by atoms with E-state index in [1.165, 1.54) is 25.4 Å². The molecule has 234 valence electrons. The number of pyridine rings is 1. The maximum absolute atomic E-state index is 14.4. The first-order valence-corrected chi connectivity index (χ1v) is 13.9. The highest BCUT2D eigenvalue weighted by atomic mass is 19.4. The van der Waals surface area contributed by atoms with Crippen molar-refractivity contribution in [1.29, 1.82) is 0 Å². The second kappa shape index (κ2) is 11.3. The van der Waals surface area contributed by atoms with Crippen LogP contribution in [0.15, 0.2) is 54.7 Å². The lowest BCUT2D eigenvalue weighted by molar-refractivity contribution is -0.142. The summed E-state index contributed by atoms with van der Waals surface area (Å²) < 4.78 is 85.0. The van der Waals surface area contributed by atoms with Crippen LogP contribution in [0.1, 0.15) is 63.1 Å². The summed E-state index contributed by atoms with van der Waals surface area (Å²) in [5.41, 5.74) is -0.575.